The van der Waals surface area contributed by atoms with Gasteiger partial charge in [-0.2, -0.15) is 0 Å². The SMILES string of the molecule is CNS(=O)(=O)c1cc(NC(=O)CC(C)C2CCNCC2)ccc1C. The molecule has 0 saturated carbocycles. The van der Waals surface area contributed by atoms with Crippen molar-refractivity contribution >= 4 is 21.6 Å². The molecule has 1 aliphatic heterocycles. The summed E-state index contributed by atoms with van der Waals surface area (Å²) in [4.78, 5) is 12.5. The van der Waals surface area contributed by atoms with Crippen LogP contribution in [-0.4, -0.2) is 34.5 Å². The van der Waals surface area contributed by atoms with E-state index < -0.39 is 10.0 Å². The standard InChI is InChI=1S/C17H27N3O3S/c1-12-4-5-15(11-16(12)24(22,23)18-3)20-17(21)10-13(2)14-6-8-19-9-7-14/h4-5,11,13-14,18-19H,6-10H2,1-3H3,(H,20,21). The molecule has 0 aliphatic carbocycles. The number of piperidine rings is 1. The van der Waals surface area contributed by atoms with Crippen molar-refractivity contribution in [2.24, 2.45) is 11.8 Å². The Morgan fingerprint density at radius 3 is 2.62 bits per heavy atom. The average molecular weight is 353 g/mol. The molecule has 1 aromatic carbocycles. The average Bonchev–Trinajstić information content (AvgIpc) is 2.57. The van der Waals surface area contributed by atoms with E-state index in [4.69, 9.17) is 0 Å². The lowest BCUT2D eigenvalue weighted by Crippen LogP contribution is -2.32. The molecule has 3 N–H and O–H groups in total. The van der Waals surface area contributed by atoms with Crippen molar-refractivity contribution in [1.29, 1.82) is 0 Å². The van der Waals surface area contributed by atoms with Crippen LogP contribution in [0.3, 0.4) is 0 Å². The maximum absolute atomic E-state index is 12.3. The molecule has 1 fully saturated rings. The third kappa shape index (κ3) is 4.78. The summed E-state index contributed by atoms with van der Waals surface area (Å²) in [7, 11) is -2.16. The first-order valence-corrected chi connectivity index (χ1v) is 9.86. The maximum Gasteiger partial charge on any atom is 0.240 e. The third-order valence-electron chi connectivity index (χ3n) is 4.73. The van der Waals surface area contributed by atoms with Crippen LogP contribution in [0.15, 0.2) is 23.1 Å². The van der Waals surface area contributed by atoms with Gasteiger partial charge in [-0.1, -0.05) is 13.0 Å². The number of aryl methyl sites for hydroxylation is 1. The van der Waals surface area contributed by atoms with Crippen LogP contribution < -0.4 is 15.4 Å². The van der Waals surface area contributed by atoms with Gasteiger partial charge in [0, 0.05) is 12.1 Å². The molecule has 2 rings (SSSR count). The number of carbonyl (C=O) groups is 1. The summed E-state index contributed by atoms with van der Waals surface area (Å²) in [5, 5.41) is 6.16. The van der Waals surface area contributed by atoms with Gasteiger partial charge in [0.15, 0.2) is 0 Å². The van der Waals surface area contributed by atoms with Gasteiger partial charge in [-0.3, -0.25) is 4.79 Å². The predicted molar refractivity (Wildman–Crippen MR) is 95.4 cm³/mol. The van der Waals surface area contributed by atoms with E-state index in [-0.39, 0.29) is 10.8 Å². The molecule has 1 unspecified atom stereocenters. The fourth-order valence-electron chi connectivity index (χ4n) is 3.16. The Bertz CT molecular complexity index is 682. The molecule has 0 aromatic heterocycles. The summed E-state index contributed by atoms with van der Waals surface area (Å²) in [6, 6.07) is 4.95. The zero-order valence-corrected chi connectivity index (χ0v) is 15.4. The Morgan fingerprint density at radius 1 is 1.33 bits per heavy atom. The van der Waals surface area contributed by atoms with E-state index >= 15 is 0 Å². The lowest BCUT2D eigenvalue weighted by Gasteiger charge is -2.27. The number of nitrogens with one attached hydrogen (secondary N) is 3. The molecule has 0 radical (unpaired) electrons. The summed E-state index contributed by atoms with van der Waals surface area (Å²) in [6.45, 7) is 5.87. The maximum atomic E-state index is 12.3. The smallest absolute Gasteiger partial charge is 0.240 e. The first kappa shape index (κ1) is 18.9. The molecule has 7 heteroatoms. The lowest BCUT2D eigenvalue weighted by atomic mass is 9.84. The first-order chi connectivity index (χ1) is 11.3. The monoisotopic (exact) mass is 353 g/mol. The lowest BCUT2D eigenvalue weighted by molar-refractivity contribution is -0.117. The number of hydrogen-bond donors (Lipinski definition) is 3. The minimum absolute atomic E-state index is 0.0716. The molecule has 6 nitrogen and oxygen atoms in total. The molecule has 1 heterocycles. The van der Waals surface area contributed by atoms with Gasteiger partial charge < -0.3 is 10.6 Å². The molecule has 24 heavy (non-hydrogen) atoms. The molecular formula is C17H27N3O3S. The molecule has 134 valence electrons. The van der Waals surface area contributed by atoms with E-state index in [9.17, 15) is 13.2 Å². The molecule has 0 bridgehead atoms. The van der Waals surface area contributed by atoms with Crippen LogP contribution in [0.5, 0.6) is 0 Å². The van der Waals surface area contributed by atoms with Gasteiger partial charge in [-0.15, -0.1) is 0 Å². The van der Waals surface area contributed by atoms with E-state index in [0.29, 0.717) is 29.5 Å². The summed E-state index contributed by atoms with van der Waals surface area (Å²) in [5.41, 5.74) is 1.15. The van der Waals surface area contributed by atoms with Crippen LogP contribution in [0.4, 0.5) is 5.69 Å². The van der Waals surface area contributed by atoms with Crippen LogP contribution >= 0.6 is 0 Å². The van der Waals surface area contributed by atoms with E-state index in [1.165, 1.54) is 13.1 Å². The predicted octanol–water partition coefficient (Wildman–Crippen LogP) is 1.87. The largest absolute Gasteiger partial charge is 0.326 e. The molecular weight excluding hydrogens is 326 g/mol. The molecule has 1 saturated heterocycles. The first-order valence-electron chi connectivity index (χ1n) is 8.38. The fourth-order valence-corrected chi connectivity index (χ4v) is 4.16. The van der Waals surface area contributed by atoms with Crippen molar-refractivity contribution in [2.75, 3.05) is 25.5 Å². The second-order valence-corrected chi connectivity index (χ2v) is 8.36. The second-order valence-electron chi connectivity index (χ2n) is 6.50. The molecule has 0 spiro atoms. The Morgan fingerprint density at radius 2 is 2.00 bits per heavy atom. The van der Waals surface area contributed by atoms with Gasteiger partial charge in [0.2, 0.25) is 15.9 Å². The van der Waals surface area contributed by atoms with Crippen molar-refractivity contribution < 1.29 is 13.2 Å². The van der Waals surface area contributed by atoms with Gasteiger partial charge in [0.1, 0.15) is 0 Å². The van der Waals surface area contributed by atoms with Crippen molar-refractivity contribution in [2.45, 2.75) is 38.0 Å². The van der Waals surface area contributed by atoms with Crippen LogP contribution in [0.1, 0.15) is 31.7 Å². The van der Waals surface area contributed by atoms with Crippen molar-refractivity contribution in [1.82, 2.24) is 10.0 Å². The van der Waals surface area contributed by atoms with E-state index in [2.05, 4.69) is 22.3 Å². The highest BCUT2D eigenvalue weighted by Gasteiger charge is 2.22. The zero-order chi connectivity index (χ0) is 17.7. The minimum Gasteiger partial charge on any atom is -0.326 e. The molecule has 1 aromatic rings. The van der Waals surface area contributed by atoms with E-state index in [0.717, 1.165) is 25.9 Å². The van der Waals surface area contributed by atoms with Crippen molar-refractivity contribution in [3.05, 3.63) is 23.8 Å². The fraction of sp³-hybridized carbons (Fsp3) is 0.588. The van der Waals surface area contributed by atoms with Gasteiger partial charge in [-0.05, 0) is 69.4 Å². The minimum atomic E-state index is -3.54. The second kappa shape index (κ2) is 8.09. The van der Waals surface area contributed by atoms with Gasteiger partial charge in [0.05, 0.1) is 4.90 Å². The van der Waals surface area contributed by atoms with Crippen LogP contribution in [-0.2, 0) is 14.8 Å². The van der Waals surface area contributed by atoms with E-state index in [1.807, 2.05) is 0 Å². The zero-order valence-electron chi connectivity index (χ0n) is 14.6. The molecule has 1 amide bonds. The number of hydrogen-bond acceptors (Lipinski definition) is 4. The number of rotatable bonds is 6. The van der Waals surface area contributed by atoms with Gasteiger partial charge in [-0.25, -0.2) is 13.1 Å². The number of benzene rings is 1. The highest BCUT2D eigenvalue weighted by Crippen LogP contribution is 2.25. The summed E-state index contributed by atoms with van der Waals surface area (Å²) < 4.78 is 26.3. The number of sulfonamides is 1. The summed E-state index contributed by atoms with van der Waals surface area (Å²) >= 11 is 0. The third-order valence-corrected chi connectivity index (χ3v) is 6.28. The topological polar surface area (TPSA) is 87.3 Å². The number of anilines is 1. The summed E-state index contributed by atoms with van der Waals surface area (Å²) in [5.74, 6) is 0.811. The molecule has 1 aliphatic rings. The Balaban J connectivity index is 2.02. The number of carbonyl (C=O) groups excluding carboxylic acids is 1. The van der Waals surface area contributed by atoms with Crippen LogP contribution in [0.2, 0.25) is 0 Å². The van der Waals surface area contributed by atoms with Gasteiger partial charge >= 0.3 is 0 Å². The summed E-state index contributed by atoms with van der Waals surface area (Å²) in [6.07, 6.45) is 2.65. The van der Waals surface area contributed by atoms with Crippen LogP contribution in [0.25, 0.3) is 0 Å². The van der Waals surface area contributed by atoms with Crippen molar-refractivity contribution in [3.63, 3.8) is 0 Å². The highest BCUT2D eigenvalue weighted by atomic mass is 32.2. The molecule has 1 atom stereocenters. The Labute approximate surface area is 144 Å². The number of amides is 1. The van der Waals surface area contributed by atoms with E-state index in [1.54, 1.807) is 19.1 Å². The Kier molecular flexibility index (Phi) is 6.37. The van der Waals surface area contributed by atoms with Crippen LogP contribution in [0, 0.1) is 18.8 Å². The Hall–Kier alpha value is -1.44. The quantitative estimate of drug-likeness (QED) is 0.728. The normalized spacial score (nSPS) is 17.5. The highest BCUT2D eigenvalue weighted by molar-refractivity contribution is 7.89. The van der Waals surface area contributed by atoms with Crippen molar-refractivity contribution in [3.8, 4) is 0 Å². The van der Waals surface area contributed by atoms with Gasteiger partial charge in [0.25, 0.3) is 0 Å².